The first kappa shape index (κ1) is 21.6. The van der Waals surface area contributed by atoms with E-state index < -0.39 is 27.4 Å². The van der Waals surface area contributed by atoms with Crippen LogP contribution in [0.4, 0.5) is 13.2 Å². The fourth-order valence-electron chi connectivity index (χ4n) is 3.55. The van der Waals surface area contributed by atoms with Crippen LogP contribution in [0.25, 0.3) is 11.0 Å². The van der Waals surface area contributed by atoms with Crippen LogP contribution in [0.3, 0.4) is 0 Å². The number of sulfonamides is 1. The Hall–Kier alpha value is -2.07. The Labute approximate surface area is 166 Å². The first-order chi connectivity index (χ1) is 13.6. The Balaban J connectivity index is 1.78. The summed E-state index contributed by atoms with van der Waals surface area (Å²) < 4.78 is 76.5. The molecule has 1 aromatic heterocycles. The standard InChI is InChI=1S/C19H22F3NO5S/c1-2-29(25,26)23-16-6-4-3-5-12(16)11-27-13-7-8-14-15(19(20,21)22)10-18(24)28-17(14)9-13/h7-10,12,16,23H,2-6,11H2,1H3. The van der Waals surface area contributed by atoms with Crippen molar-refractivity contribution in [3.05, 3.63) is 40.2 Å². The van der Waals surface area contributed by atoms with Gasteiger partial charge in [0.2, 0.25) is 10.0 Å². The normalized spacial score (nSPS) is 20.7. The van der Waals surface area contributed by atoms with Crippen molar-refractivity contribution in [2.24, 2.45) is 5.92 Å². The van der Waals surface area contributed by atoms with Crippen LogP contribution in [-0.4, -0.2) is 26.8 Å². The quantitative estimate of drug-likeness (QED) is 0.703. The summed E-state index contributed by atoms with van der Waals surface area (Å²) >= 11 is 0. The molecule has 3 rings (SSSR count). The molecule has 0 aliphatic heterocycles. The second-order valence-electron chi connectivity index (χ2n) is 7.12. The van der Waals surface area contributed by atoms with E-state index in [-0.39, 0.29) is 41.0 Å². The fourth-order valence-corrected chi connectivity index (χ4v) is 4.49. The van der Waals surface area contributed by atoms with Gasteiger partial charge in [-0.1, -0.05) is 12.8 Å². The molecule has 10 heteroatoms. The van der Waals surface area contributed by atoms with Crippen LogP contribution in [0.5, 0.6) is 5.75 Å². The molecule has 0 saturated heterocycles. The molecule has 1 saturated carbocycles. The van der Waals surface area contributed by atoms with Gasteiger partial charge in [-0.05, 0) is 31.9 Å². The molecule has 1 aliphatic rings. The summed E-state index contributed by atoms with van der Waals surface area (Å²) in [5.41, 5.74) is -2.37. The number of alkyl halides is 3. The highest BCUT2D eigenvalue weighted by Gasteiger charge is 2.34. The topological polar surface area (TPSA) is 85.6 Å². The van der Waals surface area contributed by atoms with Crippen molar-refractivity contribution in [2.75, 3.05) is 12.4 Å². The predicted molar refractivity (Wildman–Crippen MR) is 101 cm³/mol. The largest absolute Gasteiger partial charge is 0.493 e. The van der Waals surface area contributed by atoms with E-state index in [0.29, 0.717) is 12.5 Å². The van der Waals surface area contributed by atoms with Gasteiger partial charge in [-0.15, -0.1) is 0 Å². The molecule has 2 aromatic rings. The van der Waals surface area contributed by atoms with Gasteiger partial charge in [0.25, 0.3) is 0 Å². The van der Waals surface area contributed by atoms with Crippen molar-refractivity contribution in [1.29, 1.82) is 0 Å². The Morgan fingerprint density at radius 2 is 1.93 bits per heavy atom. The van der Waals surface area contributed by atoms with Crippen LogP contribution in [0.15, 0.2) is 33.5 Å². The van der Waals surface area contributed by atoms with E-state index >= 15 is 0 Å². The number of ether oxygens (including phenoxy) is 1. The van der Waals surface area contributed by atoms with Gasteiger partial charge in [0.05, 0.1) is 17.9 Å². The fraction of sp³-hybridized carbons (Fsp3) is 0.526. The molecule has 1 fully saturated rings. The zero-order valence-corrected chi connectivity index (χ0v) is 16.6. The predicted octanol–water partition coefficient (Wildman–Crippen LogP) is 3.69. The number of nitrogens with one attached hydrogen (secondary N) is 1. The van der Waals surface area contributed by atoms with Gasteiger partial charge in [0, 0.05) is 29.5 Å². The molecule has 1 N–H and O–H groups in total. The molecule has 2 atom stereocenters. The van der Waals surface area contributed by atoms with E-state index in [0.717, 1.165) is 19.3 Å². The lowest BCUT2D eigenvalue weighted by Gasteiger charge is -2.31. The molecule has 1 heterocycles. The van der Waals surface area contributed by atoms with Crippen LogP contribution < -0.4 is 15.1 Å². The SMILES string of the molecule is CCS(=O)(=O)NC1CCCCC1COc1ccc2c(C(F)(F)F)cc(=O)oc2c1. The first-order valence-corrected chi connectivity index (χ1v) is 11.0. The third kappa shape index (κ3) is 5.30. The maximum absolute atomic E-state index is 13.1. The minimum Gasteiger partial charge on any atom is -0.493 e. The van der Waals surface area contributed by atoms with E-state index in [1.54, 1.807) is 6.92 Å². The number of halogens is 3. The zero-order valence-electron chi connectivity index (χ0n) is 15.8. The first-order valence-electron chi connectivity index (χ1n) is 9.37. The summed E-state index contributed by atoms with van der Waals surface area (Å²) in [5, 5.41) is -0.226. The van der Waals surface area contributed by atoms with E-state index in [9.17, 15) is 26.4 Å². The Bertz CT molecular complexity index is 1030. The molecule has 1 aliphatic carbocycles. The maximum atomic E-state index is 13.1. The Morgan fingerprint density at radius 3 is 2.62 bits per heavy atom. The minimum absolute atomic E-state index is 0.0116. The van der Waals surface area contributed by atoms with Crippen LogP contribution in [0.1, 0.15) is 38.2 Å². The van der Waals surface area contributed by atoms with Crippen molar-refractivity contribution in [2.45, 2.75) is 44.8 Å². The summed E-state index contributed by atoms with van der Waals surface area (Å²) in [6, 6.07) is 4.01. The molecule has 0 bridgehead atoms. The summed E-state index contributed by atoms with van der Waals surface area (Å²) in [7, 11) is -3.35. The van der Waals surface area contributed by atoms with Crippen molar-refractivity contribution in [3.63, 3.8) is 0 Å². The molecule has 160 valence electrons. The summed E-state index contributed by atoms with van der Waals surface area (Å²) in [6.45, 7) is 1.76. The van der Waals surface area contributed by atoms with Gasteiger partial charge in [-0.3, -0.25) is 0 Å². The summed E-state index contributed by atoms with van der Waals surface area (Å²) in [6.07, 6.45) is -1.34. The highest BCUT2D eigenvalue weighted by Crippen LogP contribution is 2.35. The van der Waals surface area contributed by atoms with Crippen molar-refractivity contribution >= 4 is 21.0 Å². The number of hydrogen-bond acceptors (Lipinski definition) is 5. The molecular weight excluding hydrogens is 411 g/mol. The van der Waals surface area contributed by atoms with Gasteiger partial charge in [-0.2, -0.15) is 13.2 Å². The summed E-state index contributed by atoms with van der Waals surface area (Å²) in [5.74, 6) is 0.180. The molecule has 1 aromatic carbocycles. The van der Waals surface area contributed by atoms with E-state index in [4.69, 9.17) is 9.15 Å². The van der Waals surface area contributed by atoms with Gasteiger partial charge in [0.15, 0.2) is 0 Å². The lowest BCUT2D eigenvalue weighted by molar-refractivity contribution is -0.136. The number of hydrogen-bond donors (Lipinski definition) is 1. The highest BCUT2D eigenvalue weighted by molar-refractivity contribution is 7.89. The third-order valence-corrected chi connectivity index (χ3v) is 6.53. The average Bonchev–Trinajstić information content (AvgIpc) is 2.65. The molecule has 0 spiro atoms. The van der Waals surface area contributed by atoms with Gasteiger partial charge in [0.1, 0.15) is 11.3 Å². The average molecular weight is 433 g/mol. The van der Waals surface area contributed by atoms with E-state index in [1.165, 1.54) is 18.2 Å². The molecule has 29 heavy (non-hydrogen) atoms. The minimum atomic E-state index is -4.68. The smallest absolute Gasteiger partial charge is 0.417 e. The molecule has 6 nitrogen and oxygen atoms in total. The lowest BCUT2D eigenvalue weighted by atomic mass is 9.86. The number of fused-ring (bicyclic) bond motifs is 1. The van der Waals surface area contributed by atoms with Crippen molar-refractivity contribution < 1.29 is 30.7 Å². The second kappa shape index (κ2) is 8.35. The van der Waals surface area contributed by atoms with Crippen LogP contribution in [-0.2, 0) is 16.2 Å². The molecule has 0 radical (unpaired) electrons. The van der Waals surface area contributed by atoms with Crippen LogP contribution >= 0.6 is 0 Å². The van der Waals surface area contributed by atoms with Crippen LogP contribution in [0, 0.1) is 5.92 Å². The summed E-state index contributed by atoms with van der Waals surface area (Å²) in [4.78, 5) is 11.5. The number of rotatable bonds is 6. The van der Waals surface area contributed by atoms with Gasteiger partial charge >= 0.3 is 11.8 Å². The third-order valence-electron chi connectivity index (χ3n) is 5.11. The van der Waals surface area contributed by atoms with Crippen LogP contribution in [0.2, 0.25) is 0 Å². The second-order valence-corrected chi connectivity index (χ2v) is 9.16. The zero-order chi connectivity index (χ0) is 21.2. The lowest BCUT2D eigenvalue weighted by Crippen LogP contribution is -2.44. The van der Waals surface area contributed by atoms with E-state index in [1.807, 2.05) is 0 Å². The van der Waals surface area contributed by atoms with Crippen molar-refractivity contribution in [3.8, 4) is 5.75 Å². The number of benzene rings is 1. The van der Waals surface area contributed by atoms with Crippen molar-refractivity contribution in [1.82, 2.24) is 4.72 Å². The molecule has 0 amide bonds. The van der Waals surface area contributed by atoms with Gasteiger partial charge in [-0.25, -0.2) is 17.9 Å². The van der Waals surface area contributed by atoms with Gasteiger partial charge < -0.3 is 9.15 Å². The highest BCUT2D eigenvalue weighted by atomic mass is 32.2. The monoisotopic (exact) mass is 433 g/mol. The Kier molecular flexibility index (Phi) is 6.23. The Morgan fingerprint density at radius 1 is 1.21 bits per heavy atom. The maximum Gasteiger partial charge on any atom is 0.417 e. The van der Waals surface area contributed by atoms with E-state index in [2.05, 4.69) is 4.72 Å². The molecule has 2 unspecified atom stereocenters. The molecular formula is C19H22F3NO5S.